The van der Waals surface area contributed by atoms with Gasteiger partial charge in [0.2, 0.25) is 0 Å². The molecule has 0 bridgehead atoms. The molecule has 0 unspecified atom stereocenters. The van der Waals surface area contributed by atoms with Crippen molar-refractivity contribution in [2.24, 2.45) is 0 Å². The lowest BCUT2D eigenvalue weighted by Gasteiger charge is -2.14. The van der Waals surface area contributed by atoms with Crippen molar-refractivity contribution >= 4 is 39.2 Å². The summed E-state index contributed by atoms with van der Waals surface area (Å²) in [6.45, 7) is 1.75. The van der Waals surface area contributed by atoms with Gasteiger partial charge in [0.15, 0.2) is 29.6 Å². The fourth-order valence-corrected chi connectivity index (χ4v) is 3.95. The highest BCUT2D eigenvalue weighted by molar-refractivity contribution is 9.10. The van der Waals surface area contributed by atoms with Crippen LogP contribution in [0.2, 0.25) is 0 Å². The van der Waals surface area contributed by atoms with Crippen LogP contribution in [0.25, 0.3) is 11.6 Å². The second-order valence-electron chi connectivity index (χ2n) is 7.48. The first kappa shape index (κ1) is 25.7. The molecular formula is C27H25BrN2O5. The highest BCUT2D eigenvalue weighted by Crippen LogP contribution is 2.38. The molecule has 7 nitrogen and oxygen atoms in total. The zero-order valence-electron chi connectivity index (χ0n) is 19.8. The van der Waals surface area contributed by atoms with E-state index in [4.69, 9.17) is 18.9 Å². The average molecular weight is 537 g/mol. The van der Waals surface area contributed by atoms with Gasteiger partial charge in [-0.1, -0.05) is 12.1 Å². The van der Waals surface area contributed by atoms with Crippen molar-refractivity contribution in [1.29, 1.82) is 5.26 Å². The second-order valence-corrected chi connectivity index (χ2v) is 8.33. The molecule has 0 spiro atoms. The lowest BCUT2D eigenvalue weighted by atomic mass is 10.0. The number of anilines is 1. The van der Waals surface area contributed by atoms with Crippen molar-refractivity contribution < 1.29 is 23.7 Å². The molecule has 0 heterocycles. The molecule has 8 heteroatoms. The third-order valence-corrected chi connectivity index (χ3v) is 5.62. The summed E-state index contributed by atoms with van der Waals surface area (Å²) in [6, 6.07) is 18.5. The van der Waals surface area contributed by atoms with E-state index in [0.717, 1.165) is 5.56 Å². The van der Waals surface area contributed by atoms with Crippen LogP contribution in [0.4, 0.5) is 5.69 Å². The molecule has 3 rings (SSSR count). The zero-order valence-corrected chi connectivity index (χ0v) is 21.4. The minimum absolute atomic E-state index is 0.201. The van der Waals surface area contributed by atoms with E-state index in [1.54, 1.807) is 50.6 Å². The Morgan fingerprint density at radius 3 is 2.40 bits per heavy atom. The number of nitrogens with zero attached hydrogens (tertiary/aromatic N) is 1. The van der Waals surface area contributed by atoms with Crippen LogP contribution in [0.3, 0.4) is 0 Å². The first-order valence-corrected chi connectivity index (χ1v) is 11.4. The highest BCUT2D eigenvalue weighted by atomic mass is 79.9. The number of halogens is 1. The quantitative estimate of drug-likeness (QED) is 0.272. The van der Waals surface area contributed by atoms with Gasteiger partial charge in [-0.05, 0) is 88.1 Å². The number of ether oxygens (including phenoxy) is 4. The molecule has 0 saturated carbocycles. The number of nitrogens with one attached hydrogen (secondary N) is 1. The van der Waals surface area contributed by atoms with Crippen LogP contribution in [0.15, 0.2) is 59.1 Å². The van der Waals surface area contributed by atoms with Gasteiger partial charge in [0.25, 0.3) is 5.91 Å². The largest absolute Gasteiger partial charge is 0.493 e. The predicted molar refractivity (Wildman–Crippen MR) is 139 cm³/mol. The summed E-state index contributed by atoms with van der Waals surface area (Å²) in [7, 11) is 4.60. The number of benzene rings is 3. The van der Waals surface area contributed by atoms with E-state index in [1.807, 2.05) is 31.2 Å². The van der Waals surface area contributed by atoms with E-state index in [-0.39, 0.29) is 12.5 Å². The van der Waals surface area contributed by atoms with Crippen molar-refractivity contribution in [3.05, 3.63) is 75.8 Å². The number of carbonyl (C=O) groups excluding carboxylic acids is 1. The van der Waals surface area contributed by atoms with E-state index in [2.05, 4.69) is 27.3 Å². The van der Waals surface area contributed by atoms with Crippen LogP contribution in [0.5, 0.6) is 23.0 Å². The molecule has 0 atom stereocenters. The van der Waals surface area contributed by atoms with Crippen molar-refractivity contribution in [3.63, 3.8) is 0 Å². The Morgan fingerprint density at radius 2 is 1.74 bits per heavy atom. The van der Waals surface area contributed by atoms with Gasteiger partial charge in [0, 0.05) is 5.69 Å². The topological polar surface area (TPSA) is 89.8 Å². The molecule has 0 saturated heterocycles. The molecule has 0 radical (unpaired) electrons. The Hall–Kier alpha value is -3.96. The summed E-state index contributed by atoms with van der Waals surface area (Å²) in [5.74, 6) is 1.60. The normalized spacial score (nSPS) is 10.8. The summed E-state index contributed by atoms with van der Waals surface area (Å²) >= 11 is 3.49. The van der Waals surface area contributed by atoms with E-state index >= 15 is 0 Å². The number of hydrogen-bond acceptors (Lipinski definition) is 6. The summed E-state index contributed by atoms with van der Waals surface area (Å²) in [4.78, 5) is 12.4. The van der Waals surface area contributed by atoms with Crippen molar-refractivity contribution in [2.45, 2.75) is 6.92 Å². The van der Waals surface area contributed by atoms with Gasteiger partial charge in [0.1, 0.15) is 0 Å². The maximum atomic E-state index is 12.4. The van der Waals surface area contributed by atoms with Crippen LogP contribution < -0.4 is 24.3 Å². The van der Waals surface area contributed by atoms with Gasteiger partial charge >= 0.3 is 0 Å². The van der Waals surface area contributed by atoms with Gasteiger partial charge in [0.05, 0.1) is 37.4 Å². The Labute approximate surface area is 213 Å². The molecule has 0 aliphatic heterocycles. The summed E-state index contributed by atoms with van der Waals surface area (Å²) < 4.78 is 22.4. The van der Waals surface area contributed by atoms with Gasteiger partial charge in [-0.15, -0.1) is 0 Å². The van der Waals surface area contributed by atoms with Crippen LogP contribution in [0, 0.1) is 18.3 Å². The number of allylic oxidation sites excluding steroid dienone is 1. The lowest BCUT2D eigenvalue weighted by Crippen LogP contribution is -2.20. The Bertz CT molecular complexity index is 1300. The van der Waals surface area contributed by atoms with Crippen LogP contribution in [-0.2, 0) is 4.79 Å². The van der Waals surface area contributed by atoms with E-state index in [0.29, 0.717) is 49.9 Å². The average Bonchev–Trinajstić information content (AvgIpc) is 2.85. The molecule has 1 amide bonds. The number of carbonyl (C=O) groups is 1. The number of methoxy groups -OCH3 is 3. The van der Waals surface area contributed by atoms with Crippen LogP contribution >= 0.6 is 15.9 Å². The first-order chi connectivity index (χ1) is 16.9. The fraction of sp³-hybridized carbons (Fsp3) is 0.185. The Morgan fingerprint density at radius 1 is 1.00 bits per heavy atom. The SMILES string of the molecule is COc1ccc(/C(C#N)=C/c2cc(Br)c(OCC(=O)Nc3cccc(C)c3)c(OC)c2)cc1OC. The van der Waals surface area contributed by atoms with Crippen molar-refractivity contribution in [3.8, 4) is 29.1 Å². The lowest BCUT2D eigenvalue weighted by molar-refractivity contribution is -0.118. The molecule has 0 aliphatic rings. The van der Waals surface area contributed by atoms with Gasteiger partial charge in [-0.3, -0.25) is 4.79 Å². The number of aryl methyl sites for hydroxylation is 1. The van der Waals surface area contributed by atoms with Crippen LogP contribution in [0.1, 0.15) is 16.7 Å². The number of amides is 1. The molecule has 3 aromatic rings. The molecule has 35 heavy (non-hydrogen) atoms. The predicted octanol–water partition coefficient (Wildman–Crippen LogP) is 5.87. The van der Waals surface area contributed by atoms with E-state index in [1.165, 1.54) is 7.11 Å². The maximum Gasteiger partial charge on any atom is 0.262 e. The zero-order chi connectivity index (χ0) is 25.4. The van der Waals surface area contributed by atoms with Gasteiger partial charge < -0.3 is 24.3 Å². The second kappa shape index (κ2) is 12.0. The minimum atomic E-state index is -0.297. The third kappa shape index (κ3) is 6.55. The van der Waals surface area contributed by atoms with E-state index < -0.39 is 0 Å². The third-order valence-electron chi connectivity index (χ3n) is 5.03. The maximum absolute atomic E-state index is 12.4. The highest BCUT2D eigenvalue weighted by Gasteiger charge is 2.15. The molecular weight excluding hydrogens is 512 g/mol. The Balaban J connectivity index is 1.81. The first-order valence-electron chi connectivity index (χ1n) is 10.6. The molecule has 180 valence electrons. The van der Waals surface area contributed by atoms with Gasteiger partial charge in [-0.2, -0.15) is 5.26 Å². The summed E-state index contributed by atoms with van der Waals surface area (Å²) in [5, 5.41) is 12.6. The number of hydrogen-bond donors (Lipinski definition) is 1. The molecule has 0 fully saturated rings. The van der Waals surface area contributed by atoms with Crippen molar-refractivity contribution in [1.82, 2.24) is 0 Å². The number of nitriles is 1. The van der Waals surface area contributed by atoms with Gasteiger partial charge in [-0.25, -0.2) is 0 Å². The smallest absolute Gasteiger partial charge is 0.262 e. The fourth-order valence-electron chi connectivity index (χ4n) is 3.37. The van der Waals surface area contributed by atoms with E-state index in [9.17, 15) is 10.1 Å². The molecule has 0 aliphatic carbocycles. The standard InChI is InChI=1S/C27H25BrN2O5/c1-17-6-5-7-21(10-17)30-26(31)16-35-27-22(28)12-18(13-25(27)34-4)11-20(15-29)19-8-9-23(32-2)24(14-19)33-3/h5-14H,16H2,1-4H3,(H,30,31)/b20-11+. The van der Waals surface area contributed by atoms with Crippen molar-refractivity contribution in [2.75, 3.05) is 33.3 Å². The minimum Gasteiger partial charge on any atom is -0.493 e. The monoisotopic (exact) mass is 536 g/mol. The molecule has 1 N–H and O–H groups in total. The molecule has 3 aromatic carbocycles. The summed E-state index contributed by atoms with van der Waals surface area (Å²) in [5.41, 5.74) is 3.54. The van der Waals surface area contributed by atoms with Crippen LogP contribution in [-0.4, -0.2) is 33.8 Å². The molecule has 0 aromatic heterocycles. The summed E-state index contributed by atoms with van der Waals surface area (Å²) in [6.07, 6.45) is 1.72. The Kier molecular flexibility index (Phi) is 8.76. The number of rotatable bonds is 9.